The van der Waals surface area contributed by atoms with Gasteiger partial charge in [-0.1, -0.05) is 36.9 Å². The van der Waals surface area contributed by atoms with E-state index in [0.717, 1.165) is 27.8 Å². The predicted octanol–water partition coefficient (Wildman–Crippen LogP) is 5.49. The summed E-state index contributed by atoms with van der Waals surface area (Å²) in [5, 5.41) is 0. The van der Waals surface area contributed by atoms with Crippen LogP contribution in [0.5, 0.6) is 0 Å². The van der Waals surface area contributed by atoms with Gasteiger partial charge < -0.3 is 4.79 Å². The average molecular weight is 296 g/mol. The molecule has 0 amide bonds. The van der Waals surface area contributed by atoms with E-state index < -0.39 is 0 Å². The first-order valence-electron chi connectivity index (χ1n) is 7.43. The summed E-state index contributed by atoms with van der Waals surface area (Å²) < 4.78 is 14.1. The second kappa shape index (κ2) is 6.69. The fourth-order valence-corrected chi connectivity index (χ4v) is 2.50. The van der Waals surface area contributed by atoms with Crippen LogP contribution in [0, 0.1) is 19.7 Å². The van der Waals surface area contributed by atoms with Gasteiger partial charge in [-0.05, 0) is 61.1 Å². The Morgan fingerprint density at radius 2 is 1.73 bits per heavy atom. The third-order valence-corrected chi connectivity index (χ3v) is 3.83. The topological polar surface area (TPSA) is 17.1 Å². The van der Waals surface area contributed by atoms with Crippen LogP contribution in [0.25, 0.3) is 16.7 Å². The van der Waals surface area contributed by atoms with Crippen molar-refractivity contribution in [1.82, 2.24) is 0 Å². The second-order valence-electron chi connectivity index (χ2n) is 5.82. The van der Waals surface area contributed by atoms with Gasteiger partial charge in [0, 0.05) is 12.0 Å². The van der Waals surface area contributed by atoms with Crippen LogP contribution < -0.4 is 0 Å². The van der Waals surface area contributed by atoms with E-state index in [2.05, 4.69) is 6.58 Å². The van der Waals surface area contributed by atoms with Crippen LogP contribution >= 0.6 is 0 Å². The maximum Gasteiger partial charge on any atom is 0.131 e. The molecule has 22 heavy (non-hydrogen) atoms. The molecule has 0 bridgehead atoms. The molecule has 0 aliphatic heterocycles. The number of halogens is 1. The fourth-order valence-electron chi connectivity index (χ4n) is 2.50. The molecule has 2 heteroatoms. The van der Waals surface area contributed by atoms with Crippen molar-refractivity contribution in [3.8, 4) is 11.1 Å². The van der Waals surface area contributed by atoms with Crippen molar-refractivity contribution in [1.29, 1.82) is 0 Å². The van der Waals surface area contributed by atoms with E-state index in [4.69, 9.17) is 0 Å². The van der Waals surface area contributed by atoms with Gasteiger partial charge in [0.25, 0.3) is 0 Å². The van der Waals surface area contributed by atoms with Crippen LogP contribution in [0.3, 0.4) is 0 Å². The zero-order chi connectivity index (χ0) is 16.3. The predicted molar refractivity (Wildman–Crippen MR) is 90.3 cm³/mol. The van der Waals surface area contributed by atoms with E-state index in [9.17, 15) is 9.18 Å². The molecule has 2 aromatic rings. The Labute approximate surface area is 131 Å². The zero-order valence-corrected chi connectivity index (χ0v) is 13.4. The SMILES string of the molecule is C=C(CCC(C)=O)c1ccc(-c2ccc(C)cc2F)c(C)c1. The van der Waals surface area contributed by atoms with E-state index in [1.165, 1.54) is 0 Å². The Balaban J connectivity index is 2.30. The number of carbonyl (C=O) groups excluding carboxylic acids is 1. The van der Waals surface area contributed by atoms with Crippen molar-refractivity contribution in [2.75, 3.05) is 0 Å². The lowest BCUT2D eigenvalue weighted by molar-refractivity contribution is -0.116. The molecule has 0 spiro atoms. The molecule has 0 aliphatic carbocycles. The van der Waals surface area contributed by atoms with E-state index in [1.807, 2.05) is 44.2 Å². The molecule has 0 atom stereocenters. The summed E-state index contributed by atoms with van der Waals surface area (Å²) in [7, 11) is 0. The minimum absolute atomic E-state index is 0.163. The highest BCUT2D eigenvalue weighted by Crippen LogP contribution is 2.29. The number of hydrogen-bond donors (Lipinski definition) is 0. The smallest absolute Gasteiger partial charge is 0.131 e. The number of aryl methyl sites for hydroxylation is 2. The van der Waals surface area contributed by atoms with Gasteiger partial charge in [-0.3, -0.25) is 0 Å². The molecule has 0 fully saturated rings. The van der Waals surface area contributed by atoms with E-state index in [-0.39, 0.29) is 11.6 Å². The van der Waals surface area contributed by atoms with Crippen molar-refractivity contribution in [3.63, 3.8) is 0 Å². The lowest BCUT2D eigenvalue weighted by Gasteiger charge is -2.12. The monoisotopic (exact) mass is 296 g/mol. The minimum atomic E-state index is -0.203. The Morgan fingerprint density at radius 3 is 2.32 bits per heavy atom. The molecule has 0 unspecified atom stereocenters. The Morgan fingerprint density at radius 1 is 1.05 bits per heavy atom. The van der Waals surface area contributed by atoms with Gasteiger partial charge in [-0.25, -0.2) is 4.39 Å². The zero-order valence-electron chi connectivity index (χ0n) is 13.4. The highest BCUT2D eigenvalue weighted by molar-refractivity contribution is 5.79. The molecule has 0 aromatic heterocycles. The molecule has 0 saturated carbocycles. The van der Waals surface area contributed by atoms with Crippen LogP contribution in [0.2, 0.25) is 0 Å². The maximum atomic E-state index is 14.1. The van der Waals surface area contributed by atoms with Crippen molar-refractivity contribution >= 4 is 11.4 Å². The Hall–Kier alpha value is -2.22. The highest BCUT2D eigenvalue weighted by Gasteiger charge is 2.10. The molecule has 0 heterocycles. The van der Waals surface area contributed by atoms with Gasteiger partial charge in [0.05, 0.1) is 0 Å². The summed E-state index contributed by atoms with van der Waals surface area (Å²) in [6, 6.07) is 11.2. The average Bonchev–Trinajstić information content (AvgIpc) is 2.45. The summed E-state index contributed by atoms with van der Waals surface area (Å²) in [5.74, 6) is -0.0394. The fraction of sp³-hybridized carbons (Fsp3) is 0.250. The number of Topliss-reactive ketones (excluding diaryl/α,β-unsaturated/α-hetero) is 1. The minimum Gasteiger partial charge on any atom is -0.300 e. The van der Waals surface area contributed by atoms with Crippen molar-refractivity contribution < 1.29 is 9.18 Å². The number of benzene rings is 2. The van der Waals surface area contributed by atoms with Gasteiger partial charge in [0.15, 0.2) is 0 Å². The quantitative estimate of drug-likeness (QED) is 0.712. The second-order valence-corrected chi connectivity index (χ2v) is 5.82. The van der Waals surface area contributed by atoms with Crippen LogP contribution in [0.15, 0.2) is 43.0 Å². The Bertz CT molecular complexity index is 728. The van der Waals surface area contributed by atoms with E-state index in [0.29, 0.717) is 18.4 Å². The van der Waals surface area contributed by atoms with Crippen molar-refractivity contribution in [2.24, 2.45) is 0 Å². The summed E-state index contributed by atoms with van der Waals surface area (Å²) in [6.07, 6.45) is 1.17. The molecule has 0 aliphatic rings. The molecule has 1 nitrogen and oxygen atoms in total. The lowest BCUT2D eigenvalue weighted by atomic mass is 9.94. The summed E-state index contributed by atoms with van der Waals surface area (Å²) in [6.45, 7) is 9.47. The first-order valence-corrected chi connectivity index (χ1v) is 7.43. The number of hydrogen-bond acceptors (Lipinski definition) is 1. The molecule has 2 aromatic carbocycles. The van der Waals surface area contributed by atoms with Gasteiger partial charge in [0.2, 0.25) is 0 Å². The van der Waals surface area contributed by atoms with Gasteiger partial charge in [-0.15, -0.1) is 0 Å². The molecule has 0 saturated heterocycles. The molecule has 114 valence electrons. The third-order valence-electron chi connectivity index (χ3n) is 3.83. The summed E-state index contributed by atoms with van der Waals surface area (Å²) in [4.78, 5) is 11.1. The lowest BCUT2D eigenvalue weighted by Crippen LogP contribution is -1.94. The number of carbonyl (C=O) groups is 1. The molecule has 0 N–H and O–H groups in total. The normalized spacial score (nSPS) is 10.5. The number of allylic oxidation sites excluding steroid dienone is 1. The van der Waals surface area contributed by atoms with Crippen LogP contribution in [-0.4, -0.2) is 5.78 Å². The Kier molecular flexibility index (Phi) is 4.92. The largest absolute Gasteiger partial charge is 0.300 e. The summed E-state index contributed by atoms with van der Waals surface area (Å²) >= 11 is 0. The molecule has 0 radical (unpaired) electrons. The first-order chi connectivity index (χ1) is 10.4. The van der Waals surface area contributed by atoms with Gasteiger partial charge in [-0.2, -0.15) is 0 Å². The molecule has 2 rings (SSSR count). The maximum absolute atomic E-state index is 14.1. The summed E-state index contributed by atoms with van der Waals surface area (Å²) in [5.41, 5.74) is 5.37. The first kappa shape index (κ1) is 16.2. The molecular weight excluding hydrogens is 275 g/mol. The number of rotatable bonds is 5. The molecular formula is C20H21FO. The van der Waals surface area contributed by atoms with Crippen molar-refractivity contribution in [2.45, 2.75) is 33.6 Å². The standard InChI is InChI=1S/C20H21FO/c1-13-5-9-19(20(21)11-13)18-10-8-17(12-15(18)3)14(2)6-7-16(4)22/h5,8-12H,2,6-7H2,1,3-4H3. The third kappa shape index (κ3) is 3.70. The van der Waals surface area contributed by atoms with Crippen LogP contribution in [0.4, 0.5) is 4.39 Å². The highest BCUT2D eigenvalue weighted by atomic mass is 19.1. The van der Waals surface area contributed by atoms with E-state index >= 15 is 0 Å². The van der Waals surface area contributed by atoms with E-state index in [1.54, 1.807) is 13.0 Å². The van der Waals surface area contributed by atoms with Gasteiger partial charge in [0.1, 0.15) is 11.6 Å². The van der Waals surface area contributed by atoms with Gasteiger partial charge >= 0.3 is 0 Å². The van der Waals surface area contributed by atoms with Crippen LogP contribution in [-0.2, 0) is 4.79 Å². The number of ketones is 1. The van der Waals surface area contributed by atoms with Crippen molar-refractivity contribution in [3.05, 3.63) is 65.5 Å². The van der Waals surface area contributed by atoms with Crippen LogP contribution in [0.1, 0.15) is 36.5 Å².